The van der Waals surface area contributed by atoms with Gasteiger partial charge in [0.15, 0.2) is 5.82 Å². The van der Waals surface area contributed by atoms with Gasteiger partial charge >= 0.3 is 0 Å². The second-order valence-corrected chi connectivity index (χ2v) is 7.13. The fourth-order valence-electron chi connectivity index (χ4n) is 3.36. The summed E-state index contributed by atoms with van der Waals surface area (Å²) in [5, 5.41) is 15.0. The number of hydrogen-bond acceptors (Lipinski definition) is 5. The number of ether oxygens (including phenoxy) is 1. The van der Waals surface area contributed by atoms with Gasteiger partial charge in [-0.1, -0.05) is 31.8 Å². The second kappa shape index (κ2) is 8.91. The van der Waals surface area contributed by atoms with Crippen molar-refractivity contribution >= 4 is 22.6 Å². The number of benzene rings is 1. The highest BCUT2D eigenvalue weighted by Gasteiger charge is 2.19. The van der Waals surface area contributed by atoms with Crippen LogP contribution in [-0.2, 0) is 11.4 Å². The number of aromatic nitrogens is 3. The Hall–Kier alpha value is -2.83. The van der Waals surface area contributed by atoms with Crippen molar-refractivity contribution < 1.29 is 14.1 Å². The highest BCUT2D eigenvalue weighted by atomic mass is 16.5. The summed E-state index contributed by atoms with van der Waals surface area (Å²) < 4.78 is 11.1. The van der Waals surface area contributed by atoms with Crippen molar-refractivity contribution in [3.63, 3.8) is 0 Å². The van der Waals surface area contributed by atoms with Crippen LogP contribution in [0.3, 0.4) is 0 Å². The van der Waals surface area contributed by atoms with E-state index in [0.29, 0.717) is 18.2 Å². The Morgan fingerprint density at radius 3 is 2.64 bits per heavy atom. The van der Waals surface area contributed by atoms with Crippen LogP contribution in [0, 0.1) is 19.8 Å². The van der Waals surface area contributed by atoms with Gasteiger partial charge in [-0.25, -0.2) is 0 Å². The first-order valence-electron chi connectivity index (χ1n) is 9.87. The Labute approximate surface area is 164 Å². The average molecular weight is 384 g/mol. The van der Waals surface area contributed by atoms with Crippen LogP contribution in [0.1, 0.15) is 56.5 Å². The number of carbonyl (C=O) groups is 1. The molecule has 0 saturated heterocycles. The molecule has 3 aromatic rings. The topological polar surface area (TPSA) is 93.0 Å². The van der Waals surface area contributed by atoms with E-state index in [0.717, 1.165) is 53.6 Å². The molecule has 0 fully saturated rings. The van der Waals surface area contributed by atoms with E-state index >= 15 is 0 Å². The van der Waals surface area contributed by atoms with Crippen molar-refractivity contribution in [3.8, 4) is 5.75 Å². The lowest BCUT2D eigenvalue weighted by molar-refractivity contribution is -0.120. The van der Waals surface area contributed by atoms with Gasteiger partial charge in [0.1, 0.15) is 18.1 Å². The first-order chi connectivity index (χ1) is 13.5. The molecule has 0 aliphatic rings. The smallest absolute Gasteiger partial charge is 0.228 e. The Balaban J connectivity index is 1.75. The van der Waals surface area contributed by atoms with E-state index in [1.807, 2.05) is 32.0 Å². The maximum atomic E-state index is 12.7. The molecule has 0 atom stereocenters. The third-order valence-corrected chi connectivity index (χ3v) is 4.99. The summed E-state index contributed by atoms with van der Waals surface area (Å²) in [5.74, 6) is 2.04. The lowest BCUT2D eigenvalue weighted by Gasteiger charge is -2.14. The zero-order valence-corrected chi connectivity index (χ0v) is 17.0. The minimum Gasteiger partial charge on any atom is -0.489 e. The molecular weight excluding hydrogens is 356 g/mol. The van der Waals surface area contributed by atoms with E-state index in [9.17, 15) is 4.79 Å². The summed E-state index contributed by atoms with van der Waals surface area (Å²) in [6.45, 7) is 8.34. The Morgan fingerprint density at radius 2 is 2.00 bits per heavy atom. The van der Waals surface area contributed by atoms with E-state index in [-0.39, 0.29) is 11.8 Å². The molecule has 0 radical (unpaired) electrons. The van der Waals surface area contributed by atoms with E-state index in [1.165, 1.54) is 0 Å². The maximum absolute atomic E-state index is 12.7. The van der Waals surface area contributed by atoms with Crippen LogP contribution in [0.5, 0.6) is 5.75 Å². The number of nitrogens with zero attached hydrogens (tertiary/aromatic N) is 2. The zero-order valence-electron chi connectivity index (χ0n) is 17.0. The number of nitrogens with one attached hydrogen (secondary N) is 2. The molecule has 0 aliphatic heterocycles. The highest BCUT2D eigenvalue weighted by Crippen LogP contribution is 2.27. The van der Waals surface area contributed by atoms with Crippen molar-refractivity contribution in [2.75, 3.05) is 5.32 Å². The standard InChI is InChI=1S/C21H28N4O3/c1-5-7-15(8-6-2)21(26)22-20-17-11-16(9-10-19(17)23-24-20)27-12-18-13(3)25-28-14(18)4/h9-11,15H,5-8,12H2,1-4H3,(H2,22,23,24,26). The molecule has 7 nitrogen and oxygen atoms in total. The third kappa shape index (κ3) is 4.35. The predicted octanol–water partition coefficient (Wildman–Crippen LogP) is 4.90. The van der Waals surface area contributed by atoms with Gasteiger partial charge in [-0.3, -0.25) is 9.89 Å². The number of rotatable bonds is 9. The maximum Gasteiger partial charge on any atom is 0.228 e. The Kier molecular flexibility index (Phi) is 6.34. The molecule has 0 aliphatic carbocycles. The van der Waals surface area contributed by atoms with Crippen LogP contribution in [-0.4, -0.2) is 21.3 Å². The molecule has 0 saturated carbocycles. The molecule has 2 aromatic heterocycles. The summed E-state index contributed by atoms with van der Waals surface area (Å²) in [5.41, 5.74) is 2.62. The van der Waals surface area contributed by atoms with Crippen molar-refractivity contribution in [2.45, 2.75) is 60.0 Å². The van der Waals surface area contributed by atoms with Crippen molar-refractivity contribution in [3.05, 3.63) is 35.2 Å². The minimum absolute atomic E-state index is 0.0146. The molecule has 0 unspecified atom stereocenters. The number of aromatic amines is 1. The van der Waals surface area contributed by atoms with E-state index in [1.54, 1.807) is 0 Å². The van der Waals surface area contributed by atoms with Crippen LogP contribution >= 0.6 is 0 Å². The van der Waals surface area contributed by atoms with Crippen molar-refractivity contribution in [2.24, 2.45) is 5.92 Å². The molecule has 150 valence electrons. The molecule has 0 bridgehead atoms. The van der Waals surface area contributed by atoms with Crippen molar-refractivity contribution in [1.29, 1.82) is 0 Å². The van der Waals surface area contributed by atoms with Gasteiger partial charge in [0.25, 0.3) is 0 Å². The quantitative estimate of drug-likeness (QED) is 0.547. The fourth-order valence-corrected chi connectivity index (χ4v) is 3.36. The molecule has 3 rings (SSSR count). The number of anilines is 1. The molecule has 2 heterocycles. The van der Waals surface area contributed by atoms with Gasteiger partial charge in [0.05, 0.1) is 16.8 Å². The Bertz CT molecular complexity index is 919. The van der Waals surface area contributed by atoms with Crippen LogP contribution in [0.4, 0.5) is 5.82 Å². The van der Waals surface area contributed by atoms with Gasteiger partial charge < -0.3 is 14.6 Å². The van der Waals surface area contributed by atoms with Crippen LogP contribution in [0.25, 0.3) is 10.9 Å². The second-order valence-electron chi connectivity index (χ2n) is 7.13. The number of fused-ring (bicyclic) bond motifs is 1. The first kappa shape index (κ1) is 19.9. The third-order valence-electron chi connectivity index (χ3n) is 4.99. The van der Waals surface area contributed by atoms with E-state index in [2.05, 4.69) is 34.5 Å². The number of aryl methyl sites for hydroxylation is 2. The molecule has 2 N–H and O–H groups in total. The SMILES string of the molecule is CCCC(CCC)C(=O)Nc1n[nH]c2ccc(OCc3c(C)noc3C)cc12. The fraction of sp³-hybridized carbons (Fsp3) is 0.476. The molecule has 1 aromatic carbocycles. The molecule has 1 amide bonds. The lowest BCUT2D eigenvalue weighted by Crippen LogP contribution is -2.23. The molecular formula is C21H28N4O3. The largest absolute Gasteiger partial charge is 0.489 e. The van der Waals surface area contributed by atoms with Gasteiger partial charge in [0.2, 0.25) is 5.91 Å². The summed E-state index contributed by atoms with van der Waals surface area (Å²) in [7, 11) is 0. The summed E-state index contributed by atoms with van der Waals surface area (Å²) in [6, 6.07) is 5.67. The van der Waals surface area contributed by atoms with Gasteiger partial charge in [-0.2, -0.15) is 5.10 Å². The van der Waals surface area contributed by atoms with E-state index < -0.39 is 0 Å². The van der Waals surface area contributed by atoms with Gasteiger partial charge in [-0.15, -0.1) is 0 Å². The zero-order chi connectivity index (χ0) is 20.1. The van der Waals surface area contributed by atoms with Crippen LogP contribution in [0.2, 0.25) is 0 Å². The van der Waals surface area contributed by atoms with Gasteiger partial charge in [-0.05, 0) is 44.9 Å². The highest BCUT2D eigenvalue weighted by molar-refractivity contribution is 6.00. The summed E-state index contributed by atoms with van der Waals surface area (Å²) in [4.78, 5) is 12.7. The predicted molar refractivity (Wildman–Crippen MR) is 108 cm³/mol. The number of amides is 1. The normalized spacial score (nSPS) is 11.3. The lowest BCUT2D eigenvalue weighted by atomic mass is 9.97. The number of H-pyrrole nitrogens is 1. The average Bonchev–Trinajstić information content (AvgIpc) is 3.22. The number of hydrogen-bond donors (Lipinski definition) is 2. The first-order valence-corrected chi connectivity index (χ1v) is 9.87. The monoisotopic (exact) mass is 384 g/mol. The summed E-state index contributed by atoms with van der Waals surface area (Å²) >= 11 is 0. The van der Waals surface area contributed by atoms with E-state index in [4.69, 9.17) is 9.26 Å². The van der Waals surface area contributed by atoms with Crippen LogP contribution < -0.4 is 10.1 Å². The van der Waals surface area contributed by atoms with Crippen molar-refractivity contribution in [1.82, 2.24) is 15.4 Å². The minimum atomic E-state index is 0.0146. The number of carbonyl (C=O) groups excluding carboxylic acids is 1. The Morgan fingerprint density at radius 1 is 1.25 bits per heavy atom. The summed E-state index contributed by atoms with van der Waals surface area (Å²) in [6.07, 6.45) is 3.74. The van der Waals surface area contributed by atoms with Crippen LogP contribution in [0.15, 0.2) is 22.7 Å². The molecule has 0 spiro atoms. The molecule has 7 heteroatoms. The van der Waals surface area contributed by atoms with Gasteiger partial charge in [0, 0.05) is 11.3 Å². The molecule has 28 heavy (non-hydrogen) atoms.